The average Bonchev–Trinajstić information content (AvgIpc) is 2.65. The molecule has 0 bridgehead atoms. The quantitative estimate of drug-likeness (QED) is 0.770. The Labute approximate surface area is 166 Å². The van der Waals surface area contributed by atoms with Gasteiger partial charge in [-0.05, 0) is 52.7 Å². The van der Waals surface area contributed by atoms with Gasteiger partial charge in [-0.2, -0.15) is 0 Å². The molecule has 0 spiro atoms. The van der Waals surface area contributed by atoms with Crippen LogP contribution in [0.25, 0.3) is 11.0 Å². The van der Waals surface area contributed by atoms with E-state index in [9.17, 15) is 4.79 Å². The zero-order valence-electron chi connectivity index (χ0n) is 17.1. The van der Waals surface area contributed by atoms with Crippen molar-refractivity contribution in [1.82, 2.24) is 14.9 Å². The molecular weight excluding hydrogens is 358 g/mol. The Morgan fingerprint density at radius 2 is 1.79 bits per heavy atom. The van der Waals surface area contributed by atoms with E-state index in [1.807, 2.05) is 52.0 Å². The lowest BCUT2D eigenvalue weighted by atomic mass is 9.99. The maximum atomic E-state index is 12.3. The van der Waals surface area contributed by atoms with Gasteiger partial charge in [0.05, 0.1) is 24.2 Å². The van der Waals surface area contributed by atoms with Gasteiger partial charge in [0.25, 0.3) is 11.8 Å². The minimum atomic E-state index is -0.492. The van der Waals surface area contributed by atoms with Crippen molar-refractivity contribution >= 4 is 17.1 Å². The fourth-order valence-corrected chi connectivity index (χ4v) is 3.18. The van der Waals surface area contributed by atoms with Gasteiger partial charge in [-0.1, -0.05) is 12.1 Å². The molecule has 0 aliphatic carbocycles. The molecule has 7 heteroatoms. The number of benzene rings is 1. The van der Waals surface area contributed by atoms with Gasteiger partial charge >= 0.3 is 6.09 Å². The van der Waals surface area contributed by atoms with E-state index >= 15 is 0 Å². The molecule has 1 aromatic heterocycles. The summed E-state index contributed by atoms with van der Waals surface area (Å²) < 4.78 is 17.1. The molecule has 7 nitrogen and oxygen atoms in total. The van der Waals surface area contributed by atoms with E-state index in [1.54, 1.807) is 4.90 Å². The van der Waals surface area contributed by atoms with Crippen molar-refractivity contribution < 1.29 is 19.0 Å². The molecule has 0 radical (unpaired) electrons. The first kappa shape index (κ1) is 20.2. The minimum Gasteiger partial charge on any atom is -0.474 e. The lowest BCUT2D eigenvalue weighted by molar-refractivity contribution is 0.0137. The third-order valence-electron chi connectivity index (χ3n) is 4.42. The largest absolute Gasteiger partial charge is 0.474 e. The highest BCUT2D eigenvalue weighted by Gasteiger charge is 2.28. The number of piperidine rings is 1. The first-order valence-corrected chi connectivity index (χ1v) is 9.86. The summed E-state index contributed by atoms with van der Waals surface area (Å²) in [5.41, 5.74) is 1.04. The van der Waals surface area contributed by atoms with Gasteiger partial charge in [0, 0.05) is 19.0 Å². The molecule has 1 fully saturated rings. The summed E-state index contributed by atoms with van der Waals surface area (Å²) in [5.74, 6) is 1.01. The van der Waals surface area contributed by atoms with Gasteiger partial charge in [0.2, 0.25) is 0 Å². The van der Waals surface area contributed by atoms with Gasteiger partial charge in [0.15, 0.2) is 0 Å². The summed E-state index contributed by atoms with van der Waals surface area (Å²) in [6.07, 6.45) is 1.65. The first-order valence-electron chi connectivity index (χ1n) is 9.86. The molecule has 1 saturated heterocycles. The number of amides is 1. The van der Waals surface area contributed by atoms with Crippen molar-refractivity contribution in [3.05, 3.63) is 24.3 Å². The van der Waals surface area contributed by atoms with Crippen molar-refractivity contribution in [2.75, 3.05) is 26.3 Å². The Balaban J connectivity index is 1.66. The molecule has 3 rings (SSSR count). The molecule has 1 amide bonds. The molecular formula is C21H29N3O4. The highest BCUT2D eigenvalue weighted by Crippen LogP contribution is 2.27. The number of rotatable bonds is 5. The lowest BCUT2D eigenvalue weighted by Crippen LogP contribution is -2.44. The van der Waals surface area contributed by atoms with Crippen molar-refractivity contribution in [2.24, 2.45) is 5.92 Å². The molecule has 1 aliphatic heterocycles. The average molecular weight is 387 g/mol. The first-order chi connectivity index (χ1) is 13.4. The molecule has 1 atom stereocenters. The van der Waals surface area contributed by atoms with Crippen LogP contribution in [0.3, 0.4) is 0 Å². The SMILES string of the molecule is CCOc1nc2ccccc2nc1OC[C@@H]1CCCN(C(=O)OC(C)(C)C)C1. The molecule has 152 valence electrons. The Morgan fingerprint density at radius 3 is 2.39 bits per heavy atom. The van der Waals surface area contributed by atoms with Crippen LogP contribution in [0.1, 0.15) is 40.5 Å². The summed E-state index contributed by atoms with van der Waals surface area (Å²) in [4.78, 5) is 23.2. The summed E-state index contributed by atoms with van der Waals surface area (Å²) in [6, 6.07) is 7.63. The number of fused-ring (bicyclic) bond motifs is 1. The second kappa shape index (κ2) is 8.63. The predicted molar refractivity (Wildman–Crippen MR) is 107 cm³/mol. The number of nitrogens with zero attached hydrogens (tertiary/aromatic N) is 3. The van der Waals surface area contributed by atoms with Crippen molar-refractivity contribution in [1.29, 1.82) is 0 Å². The number of hydrogen-bond acceptors (Lipinski definition) is 6. The number of aromatic nitrogens is 2. The summed E-state index contributed by atoms with van der Waals surface area (Å²) >= 11 is 0. The van der Waals surface area contributed by atoms with Crippen LogP contribution >= 0.6 is 0 Å². The van der Waals surface area contributed by atoms with Crippen molar-refractivity contribution in [2.45, 2.75) is 46.1 Å². The molecule has 2 heterocycles. The predicted octanol–water partition coefficient (Wildman–Crippen LogP) is 4.05. The monoisotopic (exact) mass is 387 g/mol. The molecule has 1 aliphatic rings. The lowest BCUT2D eigenvalue weighted by Gasteiger charge is -2.34. The third kappa shape index (κ3) is 5.24. The van der Waals surface area contributed by atoms with Crippen LogP contribution in [-0.4, -0.2) is 52.9 Å². The minimum absolute atomic E-state index is 0.212. The van der Waals surface area contributed by atoms with Gasteiger partial charge in [0.1, 0.15) is 5.60 Å². The van der Waals surface area contributed by atoms with Gasteiger partial charge < -0.3 is 19.1 Å². The summed E-state index contributed by atoms with van der Waals surface area (Å²) in [6.45, 7) is 9.80. The number of likely N-dealkylation sites (tertiary alicyclic amines) is 1. The highest BCUT2D eigenvalue weighted by atomic mass is 16.6. The second-order valence-corrected chi connectivity index (χ2v) is 8.00. The van der Waals surface area contributed by atoms with E-state index in [0.717, 1.165) is 23.9 Å². The van der Waals surface area contributed by atoms with Gasteiger partial charge in [-0.15, -0.1) is 0 Å². The number of carbonyl (C=O) groups excluding carboxylic acids is 1. The molecule has 0 unspecified atom stereocenters. The fourth-order valence-electron chi connectivity index (χ4n) is 3.18. The Hall–Kier alpha value is -2.57. The normalized spacial score (nSPS) is 17.4. The third-order valence-corrected chi connectivity index (χ3v) is 4.42. The zero-order valence-corrected chi connectivity index (χ0v) is 17.1. The molecule has 28 heavy (non-hydrogen) atoms. The number of ether oxygens (including phenoxy) is 3. The Bertz CT molecular complexity index is 819. The maximum Gasteiger partial charge on any atom is 0.410 e. The van der Waals surface area contributed by atoms with Crippen LogP contribution in [0.15, 0.2) is 24.3 Å². The molecule has 0 N–H and O–H groups in total. The molecule has 0 saturated carbocycles. The van der Waals surface area contributed by atoms with Crippen molar-refractivity contribution in [3.8, 4) is 11.8 Å². The van der Waals surface area contributed by atoms with Crippen LogP contribution < -0.4 is 9.47 Å². The fraction of sp³-hybridized carbons (Fsp3) is 0.571. The van der Waals surface area contributed by atoms with E-state index in [1.165, 1.54) is 0 Å². The Kier molecular flexibility index (Phi) is 6.21. The second-order valence-electron chi connectivity index (χ2n) is 8.00. The molecule has 1 aromatic carbocycles. The van der Waals surface area contributed by atoms with E-state index in [2.05, 4.69) is 9.97 Å². The van der Waals surface area contributed by atoms with E-state index < -0.39 is 5.60 Å². The number of hydrogen-bond donors (Lipinski definition) is 0. The van der Waals surface area contributed by atoms with Crippen LogP contribution in [0.4, 0.5) is 4.79 Å². The van der Waals surface area contributed by atoms with Crippen molar-refractivity contribution in [3.63, 3.8) is 0 Å². The number of para-hydroxylation sites is 2. The van der Waals surface area contributed by atoms with Gasteiger partial charge in [-0.3, -0.25) is 0 Å². The molecule has 2 aromatic rings. The van der Waals surface area contributed by atoms with E-state index in [-0.39, 0.29) is 12.0 Å². The van der Waals surface area contributed by atoms with Crippen LogP contribution in [0.2, 0.25) is 0 Å². The highest BCUT2D eigenvalue weighted by molar-refractivity contribution is 5.75. The van der Waals surface area contributed by atoms with Crippen LogP contribution in [0.5, 0.6) is 11.8 Å². The topological polar surface area (TPSA) is 73.8 Å². The smallest absolute Gasteiger partial charge is 0.410 e. The maximum absolute atomic E-state index is 12.3. The Morgan fingerprint density at radius 1 is 1.14 bits per heavy atom. The summed E-state index contributed by atoms with van der Waals surface area (Å²) in [7, 11) is 0. The van der Waals surface area contributed by atoms with E-state index in [0.29, 0.717) is 38.1 Å². The summed E-state index contributed by atoms with van der Waals surface area (Å²) in [5, 5.41) is 0. The van der Waals surface area contributed by atoms with Crippen LogP contribution in [-0.2, 0) is 4.74 Å². The van der Waals surface area contributed by atoms with E-state index in [4.69, 9.17) is 14.2 Å². The van der Waals surface area contributed by atoms with Crippen LogP contribution in [0, 0.1) is 5.92 Å². The standard InChI is InChI=1S/C21H29N3O4/c1-5-26-18-19(23-17-11-7-6-10-16(17)22-18)27-14-15-9-8-12-24(13-15)20(25)28-21(2,3)4/h6-7,10-11,15H,5,8-9,12-14H2,1-4H3/t15-/m1/s1. The number of carbonyl (C=O) groups is 1. The van der Waals surface area contributed by atoms with Gasteiger partial charge in [-0.25, -0.2) is 14.8 Å². The zero-order chi connectivity index (χ0) is 20.1.